The predicted molar refractivity (Wildman–Crippen MR) is 106 cm³/mol. The standard InChI is InChI=1S/C21H20F2N6O/c1-11(16-6-13-2-5-17(26-13)20(16)23)21-24-9-18(27-28-21)15-4-3-14(7-19(15)30)29-10-12(22)8-25-29/h3-4,7-10,13,16-17,20,26,30H,1-2,5-6H2/t13?,16-,17?,20+/m1/s1. The average Bonchev–Trinajstić information content (AvgIpc) is 3.37. The van der Waals surface area contributed by atoms with Crippen LogP contribution in [-0.4, -0.2) is 48.3 Å². The van der Waals surface area contributed by atoms with Crippen LogP contribution in [0, 0.1) is 11.7 Å². The molecule has 1 aromatic carbocycles. The molecule has 9 heteroatoms. The fourth-order valence-electron chi connectivity index (χ4n) is 4.37. The molecule has 7 nitrogen and oxygen atoms in total. The van der Waals surface area contributed by atoms with Gasteiger partial charge >= 0.3 is 0 Å². The number of nitrogens with one attached hydrogen (secondary N) is 1. The molecule has 2 aliphatic rings. The number of halogens is 2. The summed E-state index contributed by atoms with van der Waals surface area (Å²) in [5.74, 6) is -0.541. The number of alkyl halides is 1. The minimum Gasteiger partial charge on any atom is -0.507 e. The summed E-state index contributed by atoms with van der Waals surface area (Å²) >= 11 is 0. The number of piperidine rings is 1. The SMILES string of the molecule is C=C(c1ncc(-c2ccc(-n3cc(F)cn3)cc2O)nn1)[C@H]1CC2CCC(N2)[C@H]1F. The van der Waals surface area contributed by atoms with Gasteiger partial charge in [-0.25, -0.2) is 18.4 Å². The fourth-order valence-corrected chi connectivity index (χ4v) is 4.37. The van der Waals surface area contributed by atoms with Crippen molar-refractivity contribution in [2.75, 3.05) is 0 Å². The van der Waals surface area contributed by atoms with E-state index in [0.717, 1.165) is 19.0 Å². The number of phenols is 1. The number of rotatable bonds is 4. The number of benzene rings is 1. The Kier molecular flexibility index (Phi) is 4.54. The molecule has 4 heterocycles. The Morgan fingerprint density at radius 3 is 2.80 bits per heavy atom. The van der Waals surface area contributed by atoms with E-state index in [4.69, 9.17) is 0 Å². The molecule has 3 aromatic rings. The minimum absolute atomic E-state index is 0.0650. The van der Waals surface area contributed by atoms with Crippen molar-refractivity contribution >= 4 is 5.57 Å². The molecular formula is C21H20F2N6O. The lowest BCUT2D eigenvalue weighted by molar-refractivity contribution is 0.167. The van der Waals surface area contributed by atoms with Crippen molar-refractivity contribution in [2.45, 2.75) is 37.5 Å². The molecule has 0 amide bonds. The molecule has 0 aliphatic carbocycles. The van der Waals surface area contributed by atoms with Crippen molar-refractivity contribution in [2.24, 2.45) is 5.92 Å². The quantitative estimate of drug-likeness (QED) is 0.687. The number of aromatic nitrogens is 5. The zero-order valence-electron chi connectivity index (χ0n) is 16.0. The number of aromatic hydroxyl groups is 1. The van der Waals surface area contributed by atoms with Gasteiger partial charge < -0.3 is 10.4 Å². The highest BCUT2D eigenvalue weighted by Crippen LogP contribution is 2.39. The van der Waals surface area contributed by atoms with Gasteiger partial charge in [0.15, 0.2) is 11.6 Å². The third kappa shape index (κ3) is 3.24. The number of hydrogen-bond donors (Lipinski definition) is 2. The maximum atomic E-state index is 14.8. The van der Waals surface area contributed by atoms with Crippen LogP contribution >= 0.6 is 0 Å². The van der Waals surface area contributed by atoms with Gasteiger partial charge in [-0.3, -0.25) is 0 Å². The first kappa shape index (κ1) is 18.8. The lowest BCUT2D eigenvalue weighted by Crippen LogP contribution is -2.47. The third-order valence-corrected chi connectivity index (χ3v) is 5.95. The van der Waals surface area contributed by atoms with Crippen LogP contribution in [0.15, 0.2) is 43.4 Å². The van der Waals surface area contributed by atoms with E-state index < -0.39 is 12.0 Å². The van der Waals surface area contributed by atoms with Gasteiger partial charge in [0.2, 0.25) is 0 Å². The zero-order valence-corrected chi connectivity index (χ0v) is 16.0. The Bertz CT molecular complexity index is 1100. The van der Waals surface area contributed by atoms with E-state index in [9.17, 15) is 13.9 Å². The molecule has 2 saturated heterocycles. The number of allylic oxidation sites excluding steroid dienone is 1. The van der Waals surface area contributed by atoms with Crippen molar-refractivity contribution in [3.05, 3.63) is 55.0 Å². The molecule has 30 heavy (non-hydrogen) atoms. The van der Waals surface area contributed by atoms with Crippen LogP contribution < -0.4 is 5.32 Å². The van der Waals surface area contributed by atoms with Gasteiger partial charge in [0.05, 0.1) is 24.3 Å². The highest BCUT2D eigenvalue weighted by molar-refractivity contribution is 5.68. The largest absolute Gasteiger partial charge is 0.507 e. The second-order valence-corrected chi connectivity index (χ2v) is 7.83. The molecule has 2 unspecified atom stereocenters. The van der Waals surface area contributed by atoms with Crippen molar-refractivity contribution in [3.8, 4) is 22.7 Å². The normalized spacial score (nSPS) is 25.4. The van der Waals surface area contributed by atoms with Gasteiger partial charge in [-0.15, -0.1) is 10.2 Å². The topological polar surface area (TPSA) is 88.8 Å². The van der Waals surface area contributed by atoms with Crippen molar-refractivity contribution in [3.63, 3.8) is 0 Å². The molecular weight excluding hydrogens is 390 g/mol. The second-order valence-electron chi connectivity index (χ2n) is 7.83. The number of hydrogen-bond acceptors (Lipinski definition) is 6. The van der Waals surface area contributed by atoms with Crippen LogP contribution in [0.4, 0.5) is 8.78 Å². The summed E-state index contributed by atoms with van der Waals surface area (Å²) in [5, 5.41) is 25.9. The maximum absolute atomic E-state index is 14.8. The highest BCUT2D eigenvalue weighted by atomic mass is 19.1. The van der Waals surface area contributed by atoms with Gasteiger partial charge in [-0.2, -0.15) is 5.10 Å². The molecule has 2 aromatic heterocycles. The molecule has 2 fully saturated rings. The van der Waals surface area contributed by atoms with E-state index in [0.29, 0.717) is 40.8 Å². The van der Waals surface area contributed by atoms with Gasteiger partial charge in [-0.05, 0) is 37.0 Å². The van der Waals surface area contributed by atoms with Crippen LogP contribution in [0.1, 0.15) is 25.1 Å². The summed E-state index contributed by atoms with van der Waals surface area (Å²) in [7, 11) is 0. The second kappa shape index (κ2) is 7.24. The van der Waals surface area contributed by atoms with Crippen LogP contribution in [0.3, 0.4) is 0 Å². The lowest BCUT2D eigenvalue weighted by Gasteiger charge is -2.33. The van der Waals surface area contributed by atoms with E-state index in [1.807, 2.05) is 0 Å². The molecule has 5 rings (SSSR count). The molecule has 4 atom stereocenters. The number of fused-ring (bicyclic) bond motifs is 2. The summed E-state index contributed by atoms with van der Waals surface area (Å²) in [6.45, 7) is 4.04. The van der Waals surface area contributed by atoms with E-state index in [-0.39, 0.29) is 17.7 Å². The van der Waals surface area contributed by atoms with Gasteiger partial charge in [0.25, 0.3) is 0 Å². The smallest absolute Gasteiger partial charge is 0.177 e. The Labute approximate surface area is 171 Å². The van der Waals surface area contributed by atoms with E-state index in [2.05, 4.69) is 32.2 Å². The van der Waals surface area contributed by atoms with Crippen molar-refractivity contribution in [1.29, 1.82) is 0 Å². The summed E-state index contributed by atoms with van der Waals surface area (Å²) in [4.78, 5) is 4.32. The number of nitrogens with zero attached hydrogens (tertiary/aromatic N) is 5. The van der Waals surface area contributed by atoms with Crippen molar-refractivity contribution in [1.82, 2.24) is 30.3 Å². The number of phenolic OH excluding ortho intramolecular Hbond substituents is 1. The Morgan fingerprint density at radius 1 is 1.23 bits per heavy atom. The molecule has 2 aliphatic heterocycles. The van der Waals surface area contributed by atoms with E-state index in [1.54, 1.807) is 12.1 Å². The van der Waals surface area contributed by atoms with Crippen LogP contribution in [-0.2, 0) is 0 Å². The van der Waals surface area contributed by atoms with Crippen LogP contribution in [0.2, 0.25) is 0 Å². The molecule has 2 N–H and O–H groups in total. The first-order valence-corrected chi connectivity index (χ1v) is 9.82. The monoisotopic (exact) mass is 410 g/mol. The zero-order chi connectivity index (χ0) is 20.8. The first-order chi connectivity index (χ1) is 14.5. The average molecular weight is 410 g/mol. The highest BCUT2D eigenvalue weighted by Gasteiger charge is 2.43. The lowest BCUT2D eigenvalue weighted by atomic mass is 9.84. The van der Waals surface area contributed by atoms with E-state index >= 15 is 0 Å². The van der Waals surface area contributed by atoms with Crippen LogP contribution in [0.25, 0.3) is 22.5 Å². The molecule has 2 bridgehead atoms. The van der Waals surface area contributed by atoms with Gasteiger partial charge in [0.1, 0.15) is 17.6 Å². The molecule has 0 spiro atoms. The fraction of sp³-hybridized carbons (Fsp3) is 0.333. The molecule has 0 radical (unpaired) electrons. The summed E-state index contributed by atoms with van der Waals surface area (Å²) < 4.78 is 29.3. The Hall–Kier alpha value is -3.20. The molecule has 0 saturated carbocycles. The summed E-state index contributed by atoms with van der Waals surface area (Å²) in [6, 6.07) is 4.95. The van der Waals surface area contributed by atoms with E-state index in [1.165, 1.54) is 23.1 Å². The minimum atomic E-state index is -1.01. The van der Waals surface area contributed by atoms with Crippen LogP contribution in [0.5, 0.6) is 5.75 Å². The maximum Gasteiger partial charge on any atom is 0.177 e. The third-order valence-electron chi connectivity index (χ3n) is 5.95. The summed E-state index contributed by atoms with van der Waals surface area (Å²) in [5.41, 5.74) is 1.84. The molecule has 154 valence electrons. The van der Waals surface area contributed by atoms with Gasteiger partial charge in [-0.1, -0.05) is 6.58 Å². The van der Waals surface area contributed by atoms with Gasteiger partial charge in [0, 0.05) is 29.6 Å². The van der Waals surface area contributed by atoms with Crippen molar-refractivity contribution < 1.29 is 13.9 Å². The first-order valence-electron chi connectivity index (χ1n) is 9.82. The Morgan fingerprint density at radius 2 is 2.10 bits per heavy atom. The predicted octanol–water partition coefficient (Wildman–Crippen LogP) is 3.06. The Balaban J connectivity index is 1.36. The summed E-state index contributed by atoms with van der Waals surface area (Å²) in [6.07, 6.45) is 5.27.